The fourth-order valence-electron chi connectivity index (χ4n) is 1.72. The molecule has 1 saturated heterocycles. The van der Waals surface area contributed by atoms with Crippen molar-refractivity contribution in [1.29, 1.82) is 0 Å². The van der Waals surface area contributed by atoms with Crippen LogP contribution in [0, 0.1) is 6.92 Å². The van der Waals surface area contributed by atoms with Gasteiger partial charge in [0.25, 0.3) is 0 Å². The van der Waals surface area contributed by atoms with Gasteiger partial charge in [0.05, 0.1) is 6.54 Å². The Labute approximate surface area is 89.7 Å². The van der Waals surface area contributed by atoms with Gasteiger partial charge in [0.2, 0.25) is 0 Å². The van der Waals surface area contributed by atoms with E-state index in [1.165, 1.54) is 5.56 Å². The summed E-state index contributed by atoms with van der Waals surface area (Å²) in [5.74, 6) is 0. The van der Waals surface area contributed by atoms with E-state index in [0.29, 0.717) is 13.1 Å². The van der Waals surface area contributed by atoms with Gasteiger partial charge in [-0.15, -0.1) is 0 Å². The molecule has 80 valence electrons. The number of aryl methyl sites for hydroxylation is 1. The van der Waals surface area contributed by atoms with Gasteiger partial charge in [0.1, 0.15) is 6.10 Å². The zero-order valence-corrected chi connectivity index (χ0v) is 9.06. The minimum atomic E-state index is -0.205. The normalized spacial score (nSPS) is 20.5. The number of ether oxygens (including phenoxy) is 1. The summed E-state index contributed by atoms with van der Waals surface area (Å²) in [4.78, 5) is 13.1. The van der Waals surface area contributed by atoms with Crippen LogP contribution in [0.3, 0.4) is 0 Å². The van der Waals surface area contributed by atoms with Crippen LogP contribution in [0.1, 0.15) is 24.2 Å². The minimum absolute atomic E-state index is 0.0990. The van der Waals surface area contributed by atoms with Crippen LogP contribution in [0.2, 0.25) is 0 Å². The fourth-order valence-corrected chi connectivity index (χ4v) is 1.72. The first-order valence-corrected chi connectivity index (χ1v) is 5.23. The Balaban J connectivity index is 2.13. The van der Waals surface area contributed by atoms with Crippen molar-refractivity contribution in [3.8, 4) is 0 Å². The lowest BCUT2D eigenvalue weighted by Gasteiger charge is -2.09. The first kappa shape index (κ1) is 10.0. The van der Waals surface area contributed by atoms with Crippen molar-refractivity contribution in [2.24, 2.45) is 0 Å². The van der Waals surface area contributed by atoms with Crippen molar-refractivity contribution in [3.63, 3.8) is 0 Å². The molecule has 1 aromatic rings. The maximum Gasteiger partial charge on any atom is 0.410 e. The Morgan fingerprint density at radius 3 is 2.60 bits per heavy atom. The smallest absolute Gasteiger partial charge is 0.410 e. The Kier molecular flexibility index (Phi) is 2.62. The maximum atomic E-state index is 11.4. The second-order valence-electron chi connectivity index (χ2n) is 3.82. The molecule has 15 heavy (non-hydrogen) atoms. The van der Waals surface area contributed by atoms with Gasteiger partial charge in [-0.2, -0.15) is 0 Å². The standard InChI is InChI=1S/C12H15NO2/c1-3-13-8-11(15-12(13)14)10-6-4-9(2)5-7-10/h4-7,11H,3,8H2,1-2H3. The summed E-state index contributed by atoms with van der Waals surface area (Å²) in [7, 11) is 0. The molecule has 0 aromatic heterocycles. The van der Waals surface area contributed by atoms with Crippen LogP contribution >= 0.6 is 0 Å². The molecule has 1 aliphatic rings. The van der Waals surface area contributed by atoms with Crippen LogP contribution in [0.5, 0.6) is 0 Å². The van der Waals surface area contributed by atoms with Gasteiger partial charge in [0, 0.05) is 6.54 Å². The van der Waals surface area contributed by atoms with E-state index in [0.717, 1.165) is 5.56 Å². The second kappa shape index (κ2) is 3.93. The molecule has 0 radical (unpaired) electrons. The Bertz CT molecular complexity index is 358. The molecule has 2 rings (SSSR count). The molecule has 0 aliphatic carbocycles. The number of likely N-dealkylation sites (N-methyl/N-ethyl adjacent to an activating group) is 1. The summed E-state index contributed by atoms with van der Waals surface area (Å²) < 4.78 is 5.28. The lowest BCUT2D eigenvalue weighted by atomic mass is 10.1. The van der Waals surface area contributed by atoms with Crippen molar-refractivity contribution < 1.29 is 9.53 Å². The number of carbonyl (C=O) groups is 1. The number of benzene rings is 1. The summed E-state index contributed by atoms with van der Waals surface area (Å²) in [5.41, 5.74) is 2.29. The Hall–Kier alpha value is -1.51. The average Bonchev–Trinajstić information content (AvgIpc) is 2.61. The topological polar surface area (TPSA) is 29.5 Å². The average molecular weight is 205 g/mol. The third kappa shape index (κ3) is 1.96. The highest BCUT2D eigenvalue weighted by Crippen LogP contribution is 2.25. The van der Waals surface area contributed by atoms with Crippen LogP contribution in [-0.4, -0.2) is 24.1 Å². The van der Waals surface area contributed by atoms with Gasteiger partial charge < -0.3 is 9.64 Å². The molecule has 3 heteroatoms. The number of nitrogens with zero attached hydrogens (tertiary/aromatic N) is 1. The summed E-state index contributed by atoms with van der Waals surface area (Å²) in [6, 6.07) is 8.12. The monoisotopic (exact) mass is 205 g/mol. The second-order valence-corrected chi connectivity index (χ2v) is 3.82. The van der Waals surface area contributed by atoms with Gasteiger partial charge in [-0.1, -0.05) is 29.8 Å². The van der Waals surface area contributed by atoms with Gasteiger partial charge >= 0.3 is 6.09 Å². The van der Waals surface area contributed by atoms with Crippen molar-refractivity contribution in [3.05, 3.63) is 35.4 Å². The number of hydrogen-bond donors (Lipinski definition) is 0. The molecule has 0 N–H and O–H groups in total. The van der Waals surface area contributed by atoms with Crippen LogP contribution in [0.15, 0.2) is 24.3 Å². The van der Waals surface area contributed by atoms with E-state index in [4.69, 9.17) is 4.74 Å². The molecule has 1 aromatic carbocycles. The molecule has 1 atom stereocenters. The highest BCUT2D eigenvalue weighted by atomic mass is 16.6. The molecule has 1 unspecified atom stereocenters. The molecule has 0 saturated carbocycles. The third-order valence-electron chi connectivity index (χ3n) is 2.72. The number of carbonyl (C=O) groups excluding carboxylic acids is 1. The highest BCUT2D eigenvalue weighted by molar-refractivity contribution is 5.70. The van der Waals surface area contributed by atoms with E-state index in [1.54, 1.807) is 4.90 Å². The zero-order valence-electron chi connectivity index (χ0n) is 9.06. The van der Waals surface area contributed by atoms with Gasteiger partial charge in [0.15, 0.2) is 0 Å². The van der Waals surface area contributed by atoms with Crippen LogP contribution < -0.4 is 0 Å². The lowest BCUT2D eigenvalue weighted by Crippen LogP contribution is -2.23. The lowest BCUT2D eigenvalue weighted by molar-refractivity contribution is 0.133. The van der Waals surface area contributed by atoms with Gasteiger partial charge in [-0.25, -0.2) is 4.79 Å². The summed E-state index contributed by atoms with van der Waals surface area (Å²) in [5, 5.41) is 0. The molecular weight excluding hydrogens is 190 g/mol. The van der Waals surface area contributed by atoms with E-state index >= 15 is 0 Å². The predicted octanol–water partition coefficient (Wildman–Crippen LogP) is 2.51. The number of cyclic esters (lactones) is 1. The number of rotatable bonds is 2. The first-order chi connectivity index (χ1) is 7.20. The molecule has 1 fully saturated rings. The van der Waals surface area contributed by atoms with E-state index in [1.807, 2.05) is 38.1 Å². The van der Waals surface area contributed by atoms with Crippen molar-refractivity contribution >= 4 is 6.09 Å². The van der Waals surface area contributed by atoms with E-state index in [2.05, 4.69) is 0 Å². The molecule has 0 bridgehead atoms. The van der Waals surface area contributed by atoms with Crippen molar-refractivity contribution in [1.82, 2.24) is 4.90 Å². The van der Waals surface area contributed by atoms with Crippen LogP contribution in [0.25, 0.3) is 0 Å². The fraction of sp³-hybridized carbons (Fsp3) is 0.417. The Morgan fingerprint density at radius 2 is 2.07 bits per heavy atom. The number of hydrogen-bond acceptors (Lipinski definition) is 2. The SMILES string of the molecule is CCN1CC(c2ccc(C)cc2)OC1=O. The Morgan fingerprint density at radius 1 is 1.40 bits per heavy atom. The maximum absolute atomic E-state index is 11.4. The van der Waals surface area contributed by atoms with Gasteiger partial charge in [-0.3, -0.25) is 0 Å². The van der Waals surface area contributed by atoms with Crippen LogP contribution in [-0.2, 0) is 4.74 Å². The quantitative estimate of drug-likeness (QED) is 0.742. The first-order valence-electron chi connectivity index (χ1n) is 5.23. The molecule has 1 amide bonds. The highest BCUT2D eigenvalue weighted by Gasteiger charge is 2.30. The zero-order chi connectivity index (χ0) is 10.8. The van der Waals surface area contributed by atoms with E-state index in [9.17, 15) is 4.79 Å². The molecular formula is C12H15NO2. The summed E-state index contributed by atoms with van der Waals surface area (Å²) in [6.07, 6.45) is -0.305. The van der Waals surface area contributed by atoms with E-state index in [-0.39, 0.29) is 12.2 Å². The van der Waals surface area contributed by atoms with Crippen molar-refractivity contribution in [2.45, 2.75) is 20.0 Å². The third-order valence-corrected chi connectivity index (χ3v) is 2.72. The molecule has 0 spiro atoms. The predicted molar refractivity (Wildman–Crippen MR) is 57.6 cm³/mol. The van der Waals surface area contributed by atoms with E-state index < -0.39 is 0 Å². The van der Waals surface area contributed by atoms with Crippen LogP contribution in [0.4, 0.5) is 4.79 Å². The van der Waals surface area contributed by atoms with Crippen molar-refractivity contribution in [2.75, 3.05) is 13.1 Å². The molecule has 1 heterocycles. The van der Waals surface area contributed by atoms with Gasteiger partial charge in [-0.05, 0) is 19.4 Å². The number of amides is 1. The summed E-state index contributed by atoms with van der Waals surface area (Å²) in [6.45, 7) is 5.38. The molecule has 3 nitrogen and oxygen atoms in total. The largest absolute Gasteiger partial charge is 0.439 e. The summed E-state index contributed by atoms with van der Waals surface area (Å²) >= 11 is 0. The molecule has 1 aliphatic heterocycles. The minimum Gasteiger partial charge on any atom is -0.439 e.